The molecular weight excluding hydrogens is 208 g/mol. The van der Waals surface area contributed by atoms with Crippen molar-refractivity contribution in [1.29, 1.82) is 0 Å². The average Bonchev–Trinajstić information content (AvgIpc) is 3.18. The second-order valence-corrected chi connectivity index (χ2v) is 5.16. The Morgan fingerprint density at radius 1 is 0.882 bits per heavy atom. The van der Waals surface area contributed by atoms with Gasteiger partial charge in [-0.15, -0.1) is 0 Å². The third-order valence-corrected chi connectivity index (χ3v) is 3.47. The first-order valence-electron chi connectivity index (χ1n) is 7.13. The number of para-hydroxylation sites is 1. The first kappa shape index (κ1) is 12.5. The van der Waals surface area contributed by atoms with Crippen LogP contribution in [0.3, 0.4) is 0 Å². The van der Waals surface area contributed by atoms with Crippen LogP contribution in [-0.4, -0.2) is 6.61 Å². The molecule has 1 aromatic carbocycles. The summed E-state index contributed by atoms with van der Waals surface area (Å²) in [5.41, 5.74) is 0. The van der Waals surface area contributed by atoms with E-state index in [9.17, 15) is 0 Å². The van der Waals surface area contributed by atoms with E-state index >= 15 is 0 Å². The molecule has 0 bridgehead atoms. The van der Waals surface area contributed by atoms with E-state index in [4.69, 9.17) is 4.74 Å². The van der Waals surface area contributed by atoms with Crippen LogP contribution in [-0.2, 0) is 0 Å². The number of benzene rings is 1. The smallest absolute Gasteiger partial charge is 0.119 e. The summed E-state index contributed by atoms with van der Waals surface area (Å²) in [5.74, 6) is 2.11. The van der Waals surface area contributed by atoms with Crippen molar-refractivity contribution in [3.05, 3.63) is 30.3 Å². The van der Waals surface area contributed by atoms with Crippen molar-refractivity contribution in [3.63, 3.8) is 0 Å². The number of hydrogen-bond acceptors (Lipinski definition) is 1. The maximum Gasteiger partial charge on any atom is 0.119 e. The quantitative estimate of drug-likeness (QED) is 0.555. The van der Waals surface area contributed by atoms with E-state index < -0.39 is 0 Å². The van der Waals surface area contributed by atoms with Gasteiger partial charge < -0.3 is 4.74 Å². The van der Waals surface area contributed by atoms with Gasteiger partial charge in [0.05, 0.1) is 6.61 Å². The molecule has 0 N–H and O–H groups in total. The summed E-state index contributed by atoms with van der Waals surface area (Å²) in [4.78, 5) is 0. The molecule has 1 saturated carbocycles. The third kappa shape index (κ3) is 5.76. The molecule has 0 saturated heterocycles. The van der Waals surface area contributed by atoms with Crippen molar-refractivity contribution in [3.8, 4) is 5.75 Å². The zero-order valence-electron chi connectivity index (χ0n) is 10.7. The zero-order chi connectivity index (χ0) is 11.8. The van der Waals surface area contributed by atoms with Crippen molar-refractivity contribution in [2.24, 2.45) is 5.92 Å². The fourth-order valence-electron chi connectivity index (χ4n) is 2.18. The molecular formula is C16H24O. The summed E-state index contributed by atoms with van der Waals surface area (Å²) in [5, 5.41) is 0. The van der Waals surface area contributed by atoms with E-state index in [1.54, 1.807) is 0 Å². The van der Waals surface area contributed by atoms with Gasteiger partial charge in [0.15, 0.2) is 0 Å². The molecule has 0 unspecified atom stereocenters. The summed E-state index contributed by atoms with van der Waals surface area (Å²) in [7, 11) is 0. The van der Waals surface area contributed by atoms with Crippen LogP contribution in [0.2, 0.25) is 0 Å². The molecule has 2 rings (SSSR count). The van der Waals surface area contributed by atoms with Gasteiger partial charge in [0, 0.05) is 0 Å². The molecule has 0 spiro atoms. The molecule has 1 heteroatoms. The molecule has 0 aromatic heterocycles. The van der Waals surface area contributed by atoms with Crippen LogP contribution in [0, 0.1) is 5.92 Å². The van der Waals surface area contributed by atoms with Gasteiger partial charge in [0.25, 0.3) is 0 Å². The summed E-state index contributed by atoms with van der Waals surface area (Å²) in [6, 6.07) is 10.1. The lowest BCUT2D eigenvalue weighted by atomic mass is 10.1. The van der Waals surface area contributed by atoms with Crippen LogP contribution < -0.4 is 4.74 Å². The average molecular weight is 232 g/mol. The number of rotatable bonds is 9. The van der Waals surface area contributed by atoms with Gasteiger partial charge in [-0.25, -0.2) is 0 Å². The monoisotopic (exact) mass is 232 g/mol. The fraction of sp³-hybridized carbons (Fsp3) is 0.625. The minimum Gasteiger partial charge on any atom is -0.494 e. The first-order chi connectivity index (χ1) is 8.45. The Morgan fingerprint density at radius 2 is 1.59 bits per heavy atom. The molecule has 0 heterocycles. The summed E-state index contributed by atoms with van der Waals surface area (Å²) < 4.78 is 5.66. The number of unbranched alkanes of at least 4 members (excludes halogenated alkanes) is 4. The van der Waals surface area contributed by atoms with Crippen LogP contribution in [0.5, 0.6) is 5.75 Å². The Kier molecular flexibility index (Phi) is 5.41. The number of ether oxygens (including phenoxy) is 1. The molecule has 1 aromatic rings. The topological polar surface area (TPSA) is 9.23 Å². The highest BCUT2D eigenvalue weighted by molar-refractivity contribution is 5.20. The number of hydrogen-bond donors (Lipinski definition) is 0. The molecule has 1 aliphatic rings. The van der Waals surface area contributed by atoms with E-state index in [0.29, 0.717) is 0 Å². The molecule has 17 heavy (non-hydrogen) atoms. The summed E-state index contributed by atoms with van der Waals surface area (Å²) >= 11 is 0. The molecule has 1 fully saturated rings. The Balaban J connectivity index is 1.38. The molecule has 94 valence electrons. The van der Waals surface area contributed by atoms with Gasteiger partial charge >= 0.3 is 0 Å². The van der Waals surface area contributed by atoms with Gasteiger partial charge in [-0.05, 0) is 24.5 Å². The normalized spacial score (nSPS) is 14.8. The second kappa shape index (κ2) is 7.37. The van der Waals surface area contributed by atoms with Crippen molar-refractivity contribution in [2.75, 3.05) is 6.61 Å². The lowest BCUT2D eigenvalue weighted by Crippen LogP contribution is -1.96. The predicted molar refractivity (Wildman–Crippen MR) is 72.4 cm³/mol. The molecule has 1 aliphatic carbocycles. The minimum absolute atomic E-state index is 0.868. The highest BCUT2D eigenvalue weighted by atomic mass is 16.5. The van der Waals surface area contributed by atoms with E-state index in [1.807, 2.05) is 30.3 Å². The molecule has 0 aliphatic heterocycles. The summed E-state index contributed by atoms with van der Waals surface area (Å²) in [6.45, 7) is 0.868. The van der Waals surface area contributed by atoms with Crippen LogP contribution in [0.4, 0.5) is 0 Å². The zero-order valence-corrected chi connectivity index (χ0v) is 10.7. The molecule has 0 atom stereocenters. The Bertz CT molecular complexity index is 290. The Hall–Kier alpha value is -0.980. The van der Waals surface area contributed by atoms with Gasteiger partial charge in [0.1, 0.15) is 5.75 Å². The standard InChI is InChI=1S/C16H24O/c1(2-5-9-15-12-13-15)3-8-14-17-16-10-6-4-7-11-16/h4,6-7,10-11,15H,1-3,5,8-9,12-14H2. The van der Waals surface area contributed by atoms with Crippen molar-refractivity contribution >= 4 is 0 Å². The highest BCUT2D eigenvalue weighted by Crippen LogP contribution is 2.34. The largest absolute Gasteiger partial charge is 0.494 e. The van der Waals surface area contributed by atoms with Crippen LogP contribution in [0.1, 0.15) is 51.4 Å². The second-order valence-electron chi connectivity index (χ2n) is 5.16. The van der Waals surface area contributed by atoms with Gasteiger partial charge in [0.2, 0.25) is 0 Å². The van der Waals surface area contributed by atoms with Crippen LogP contribution in [0.15, 0.2) is 30.3 Å². The van der Waals surface area contributed by atoms with E-state index in [0.717, 1.165) is 18.3 Å². The van der Waals surface area contributed by atoms with E-state index in [1.165, 1.54) is 51.4 Å². The predicted octanol–water partition coefficient (Wildman–Crippen LogP) is 4.82. The maximum absolute atomic E-state index is 5.66. The lowest BCUT2D eigenvalue weighted by molar-refractivity contribution is 0.304. The maximum atomic E-state index is 5.66. The summed E-state index contributed by atoms with van der Waals surface area (Å²) in [6.07, 6.45) is 11.3. The highest BCUT2D eigenvalue weighted by Gasteiger charge is 2.19. The van der Waals surface area contributed by atoms with Crippen molar-refractivity contribution < 1.29 is 4.74 Å². The van der Waals surface area contributed by atoms with Gasteiger partial charge in [-0.3, -0.25) is 0 Å². The Morgan fingerprint density at radius 3 is 2.35 bits per heavy atom. The Labute approximate surface area is 105 Å². The van der Waals surface area contributed by atoms with E-state index in [2.05, 4.69) is 0 Å². The molecule has 0 amide bonds. The minimum atomic E-state index is 0.868. The van der Waals surface area contributed by atoms with E-state index in [-0.39, 0.29) is 0 Å². The molecule has 1 nitrogen and oxygen atoms in total. The SMILES string of the molecule is c1ccc(OCCCCCCCC2CC2)cc1. The van der Waals surface area contributed by atoms with Gasteiger partial charge in [-0.2, -0.15) is 0 Å². The fourth-order valence-corrected chi connectivity index (χ4v) is 2.18. The first-order valence-corrected chi connectivity index (χ1v) is 7.13. The molecule has 0 radical (unpaired) electrons. The lowest BCUT2D eigenvalue weighted by Gasteiger charge is -2.05. The van der Waals surface area contributed by atoms with Crippen molar-refractivity contribution in [1.82, 2.24) is 0 Å². The van der Waals surface area contributed by atoms with Crippen LogP contribution in [0.25, 0.3) is 0 Å². The van der Waals surface area contributed by atoms with Crippen LogP contribution >= 0.6 is 0 Å². The third-order valence-electron chi connectivity index (χ3n) is 3.47. The van der Waals surface area contributed by atoms with Gasteiger partial charge in [-0.1, -0.05) is 63.1 Å². The van der Waals surface area contributed by atoms with Crippen molar-refractivity contribution in [2.45, 2.75) is 51.4 Å².